The summed E-state index contributed by atoms with van der Waals surface area (Å²) in [5, 5.41) is 0. The Morgan fingerprint density at radius 1 is 1.23 bits per heavy atom. The van der Waals surface area contributed by atoms with Crippen LogP contribution in [-0.4, -0.2) is 43.4 Å². The van der Waals surface area contributed by atoms with Gasteiger partial charge in [0.1, 0.15) is 11.6 Å². The van der Waals surface area contributed by atoms with E-state index in [0.717, 1.165) is 19.0 Å². The third kappa shape index (κ3) is 4.46. The van der Waals surface area contributed by atoms with Crippen LogP contribution in [0.25, 0.3) is 6.08 Å². The van der Waals surface area contributed by atoms with Crippen molar-refractivity contribution in [1.82, 2.24) is 4.57 Å². The fourth-order valence-corrected chi connectivity index (χ4v) is 5.28. The molecule has 0 N–H and O–H groups in total. The normalized spacial score (nSPS) is 18.4. The van der Waals surface area contributed by atoms with E-state index in [4.69, 9.17) is 13.9 Å². The minimum Gasteiger partial charge on any atom is -0.463 e. The second-order valence-electron chi connectivity index (χ2n) is 8.13. The Balaban J connectivity index is 1.60. The molecular weight excluding hydrogens is 473 g/mol. The number of anilines is 1. The van der Waals surface area contributed by atoms with Gasteiger partial charge in [0.15, 0.2) is 10.7 Å². The van der Waals surface area contributed by atoms with Crippen LogP contribution >= 0.6 is 11.3 Å². The predicted octanol–water partition coefficient (Wildman–Crippen LogP) is 2.37. The summed E-state index contributed by atoms with van der Waals surface area (Å²) in [6.07, 6.45) is 1.68. The van der Waals surface area contributed by atoms with Crippen molar-refractivity contribution in [2.24, 2.45) is 4.99 Å². The van der Waals surface area contributed by atoms with Crippen LogP contribution in [0.5, 0.6) is 0 Å². The second-order valence-corrected chi connectivity index (χ2v) is 9.14. The number of nitrogens with zero attached hydrogens (tertiary/aromatic N) is 3. The molecule has 182 valence electrons. The molecule has 1 unspecified atom stereocenters. The summed E-state index contributed by atoms with van der Waals surface area (Å²) in [5.74, 6) is 0.292. The Morgan fingerprint density at radius 3 is 2.69 bits per heavy atom. The molecule has 0 saturated carbocycles. The molecule has 1 aromatic carbocycles. The number of esters is 1. The van der Waals surface area contributed by atoms with Crippen LogP contribution in [0.2, 0.25) is 0 Å². The highest BCUT2D eigenvalue weighted by Gasteiger charge is 2.33. The molecule has 5 rings (SSSR count). The van der Waals surface area contributed by atoms with E-state index >= 15 is 0 Å². The number of thiazole rings is 1. The van der Waals surface area contributed by atoms with Gasteiger partial charge in [-0.15, -0.1) is 0 Å². The van der Waals surface area contributed by atoms with Crippen molar-refractivity contribution in [3.8, 4) is 0 Å². The van der Waals surface area contributed by atoms with Crippen LogP contribution in [0.4, 0.5) is 10.3 Å². The average Bonchev–Trinajstić information content (AvgIpc) is 3.44. The van der Waals surface area contributed by atoms with Gasteiger partial charge in [-0.25, -0.2) is 14.2 Å². The number of rotatable bonds is 5. The summed E-state index contributed by atoms with van der Waals surface area (Å²) in [6.45, 7) is 6.36. The number of carbonyl (C=O) groups excluding carboxylic acids is 1. The molecule has 1 atom stereocenters. The van der Waals surface area contributed by atoms with E-state index in [0.29, 0.717) is 39.6 Å². The first-order valence-corrected chi connectivity index (χ1v) is 12.2. The van der Waals surface area contributed by atoms with Gasteiger partial charge in [0, 0.05) is 25.2 Å². The third-order valence-electron chi connectivity index (χ3n) is 5.91. The molecule has 10 heteroatoms. The zero-order chi connectivity index (χ0) is 24.5. The fraction of sp³-hybridized carbons (Fsp3) is 0.320. The Morgan fingerprint density at radius 2 is 1.97 bits per heavy atom. The standard InChI is InChI=1S/C25H24FN3O5S/c1-3-33-24(31)21-15(2)27-25-29(22(21)16-4-6-17(26)7-5-16)23(30)19(35-25)14-18-8-9-20(34-18)28-10-12-32-13-11-28/h4-9,14,22H,3,10-13H2,1-2H3. The molecule has 2 aliphatic heterocycles. The van der Waals surface area contributed by atoms with E-state index in [-0.39, 0.29) is 17.7 Å². The van der Waals surface area contributed by atoms with Gasteiger partial charge in [-0.05, 0) is 37.6 Å². The maximum atomic E-state index is 13.7. The lowest BCUT2D eigenvalue weighted by Gasteiger charge is -2.26. The average molecular weight is 498 g/mol. The monoisotopic (exact) mass is 497 g/mol. The highest BCUT2D eigenvalue weighted by Crippen LogP contribution is 2.30. The van der Waals surface area contributed by atoms with Gasteiger partial charge in [0.25, 0.3) is 5.56 Å². The van der Waals surface area contributed by atoms with E-state index in [2.05, 4.69) is 9.89 Å². The van der Waals surface area contributed by atoms with E-state index in [1.54, 1.807) is 32.1 Å². The van der Waals surface area contributed by atoms with Crippen molar-refractivity contribution >= 4 is 29.3 Å². The lowest BCUT2D eigenvalue weighted by atomic mass is 9.96. The molecule has 8 nitrogen and oxygen atoms in total. The summed E-state index contributed by atoms with van der Waals surface area (Å²) in [6, 6.07) is 8.65. The maximum absolute atomic E-state index is 13.7. The highest BCUT2D eigenvalue weighted by atomic mass is 32.1. The van der Waals surface area contributed by atoms with E-state index in [9.17, 15) is 14.0 Å². The number of hydrogen-bond donors (Lipinski definition) is 0. The summed E-state index contributed by atoms with van der Waals surface area (Å²) in [5.41, 5.74) is 0.980. The van der Waals surface area contributed by atoms with Crippen molar-refractivity contribution < 1.29 is 23.1 Å². The SMILES string of the molecule is CCOC(=O)C1=C(C)N=c2sc(=Cc3ccc(N4CCOCC4)o3)c(=O)n2C1c1ccc(F)cc1. The topological polar surface area (TPSA) is 86.3 Å². The number of morpholine rings is 1. The first kappa shape index (κ1) is 23.3. The zero-order valence-corrected chi connectivity index (χ0v) is 20.1. The van der Waals surface area contributed by atoms with Crippen LogP contribution in [0.1, 0.15) is 31.2 Å². The predicted molar refractivity (Wildman–Crippen MR) is 129 cm³/mol. The molecule has 2 aliphatic rings. The lowest BCUT2D eigenvalue weighted by Crippen LogP contribution is -2.39. The minimum atomic E-state index is -0.784. The summed E-state index contributed by atoms with van der Waals surface area (Å²) >= 11 is 1.21. The number of aromatic nitrogens is 1. The molecule has 3 aromatic rings. The molecule has 1 fully saturated rings. The van der Waals surface area contributed by atoms with Gasteiger partial charge in [0.2, 0.25) is 0 Å². The van der Waals surface area contributed by atoms with Crippen molar-refractivity contribution in [1.29, 1.82) is 0 Å². The smallest absolute Gasteiger partial charge is 0.338 e. The Labute approximate surface area is 204 Å². The fourth-order valence-electron chi connectivity index (χ4n) is 4.25. The molecule has 35 heavy (non-hydrogen) atoms. The van der Waals surface area contributed by atoms with Crippen molar-refractivity contribution in [2.75, 3.05) is 37.8 Å². The molecule has 4 heterocycles. The third-order valence-corrected chi connectivity index (χ3v) is 6.89. The lowest BCUT2D eigenvalue weighted by molar-refractivity contribution is -0.139. The molecule has 0 amide bonds. The van der Waals surface area contributed by atoms with Gasteiger partial charge in [-0.1, -0.05) is 23.5 Å². The van der Waals surface area contributed by atoms with E-state index < -0.39 is 17.8 Å². The molecule has 0 bridgehead atoms. The molecule has 0 spiro atoms. The quantitative estimate of drug-likeness (QED) is 0.503. The molecule has 1 saturated heterocycles. The number of fused-ring (bicyclic) bond motifs is 1. The van der Waals surface area contributed by atoms with Crippen molar-refractivity contribution in [3.63, 3.8) is 0 Å². The van der Waals surface area contributed by atoms with Gasteiger partial charge in [0.05, 0.1) is 41.7 Å². The Bertz CT molecular complexity index is 1460. The van der Waals surface area contributed by atoms with Crippen molar-refractivity contribution in [3.05, 3.63) is 84.5 Å². The van der Waals surface area contributed by atoms with Crippen LogP contribution < -0.4 is 19.8 Å². The first-order valence-electron chi connectivity index (χ1n) is 11.3. The first-order chi connectivity index (χ1) is 17.0. The minimum absolute atomic E-state index is 0.181. The van der Waals surface area contributed by atoms with Crippen LogP contribution in [0, 0.1) is 5.82 Å². The van der Waals surface area contributed by atoms with E-state index in [1.165, 1.54) is 28.0 Å². The number of allylic oxidation sites excluding steroid dienone is 1. The highest BCUT2D eigenvalue weighted by molar-refractivity contribution is 7.07. The maximum Gasteiger partial charge on any atom is 0.338 e. The molecule has 0 aliphatic carbocycles. The summed E-state index contributed by atoms with van der Waals surface area (Å²) in [4.78, 5) is 33.5. The molecule has 0 radical (unpaired) electrons. The summed E-state index contributed by atoms with van der Waals surface area (Å²) < 4.78 is 32.2. The summed E-state index contributed by atoms with van der Waals surface area (Å²) in [7, 11) is 0. The van der Waals surface area contributed by atoms with E-state index in [1.807, 2.05) is 12.1 Å². The van der Waals surface area contributed by atoms with Crippen LogP contribution in [-0.2, 0) is 14.3 Å². The largest absolute Gasteiger partial charge is 0.463 e. The number of hydrogen-bond acceptors (Lipinski definition) is 8. The van der Waals surface area contributed by atoms with Gasteiger partial charge >= 0.3 is 5.97 Å². The zero-order valence-electron chi connectivity index (χ0n) is 19.3. The van der Waals surface area contributed by atoms with Gasteiger partial charge < -0.3 is 18.8 Å². The number of ether oxygens (including phenoxy) is 2. The molecule has 2 aromatic heterocycles. The van der Waals surface area contributed by atoms with Crippen LogP contribution in [0.15, 0.2) is 61.9 Å². The van der Waals surface area contributed by atoms with Crippen LogP contribution in [0.3, 0.4) is 0 Å². The number of benzene rings is 1. The van der Waals surface area contributed by atoms with Gasteiger partial charge in [-0.3, -0.25) is 9.36 Å². The van der Waals surface area contributed by atoms with Gasteiger partial charge in [-0.2, -0.15) is 0 Å². The number of furan rings is 1. The second kappa shape index (κ2) is 9.63. The van der Waals surface area contributed by atoms with Crippen molar-refractivity contribution in [2.45, 2.75) is 19.9 Å². The number of carbonyl (C=O) groups is 1. The number of halogens is 1. The Kier molecular flexibility index (Phi) is 6.40. The molecular formula is C25H24FN3O5S. The Hall–Kier alpha value is -3.50.